The minimum absolute atomic E-state index is 0.119. The van der Waals surface area contributed by atoms with Crippen molar-refractivity contribution in [1.82, 2.24) is 15.5 Å². The molecule has 1 unspecified atom stereocenters. The molecule has 0 bridgehead atoms. The Labute approximate surface area is 184 Å². The molecule has 0 saturated carbocycles. The summed E-state index contributed by atoms with van der Waals surface area (Å²) < 4.78 is 23.9. The van der Waals surface area contributed by atoms with Gasteiger partial charge in [0.05, 0.1) is 16.8 Å². The summed E-state index contributed by atoms with van der Waals surface area (Å²) in [7, 11) is 1.34. The Kier molecular flexibility index (Phi) is 6.10. The third-order valence-corrected chi connectivity index (χ3v) is 5.39. The lowest BCUT2D eigenvalue weighted by Gasteiger charge is -2.11. The molecule has 1 atom stereocenters. The van der Waals surface area contributed by atoms with Crippen LogP contribution in [-0.2, 0) is 9.53 Å². The van der Waals surface area contributed by atoms with Gasteiger partial charge in [0.2, 0.25) is 5.76 Å². The third kappa shape index (κ3) is 4.74. The number of anilines is 2. The number of fused-ring (bicyclic) bond motifs is 1. The largest absolute Gasteiger partial charge is 0.480 e. The number of carbonyl (C=O) groups excluding carboxylic acids is 1. The van der Waals surface area contributed by atoms with E-state index in [0.29, 0.717) is 21.9 Å². The zero-order valence-corrected chi connectivity index (χ0v) is 17.5. The molecule has 4 aromatic rings. The van der Waals surface area contributed by atoms with Crippen molar-refractivity contribution in [3.05, 3.63) is 60.1 Å². The number of amides is 1. The number of hydrogen-bond acceptors (Lipinski definition) is 8. The first-order valence-electron chi connectivity index (χ1n) is 9.36. The van der Waals surface area contributed by atoms with Crippen molar-refractivity contribution in [2.45, 2.75) is 6.04 Å². The maximum Gasteiger partial charge on any atom is 0.328 e. The number of aliphatic carboxylic acids is 1. The average Bonchev–Trinajstić information content (AvgIpc) is 3.40. The van der Waals surface area contributed by atoms with Crippen LogP contribution in [0.4, 0.5) is 15.2 Å². The SMILES string of the molecule is COCC(NC(=O)c1cc(-c2ccc(Nc3nc4ccc(F)cc4s3)cc2)no1)C(=O)O. The molecule has 9 nitrogen and oxygen atoms in total. The van der Waals surface area contributed by atoms with E-state index in [4.69, 9.17) is 14.4 Å². The molecule has 0 radical (unpaired) electrons. The first-order chi connectivity index (χ1) is 15.4. The number of carboxylic acid groups (broad SMARTS) is 1. The molecule has 4 rings (SSSR count). The minimum Gasteiger partial charge on any atom is -0.480 e. The number of hydrogen-bond donors (Lipinski definition) is 3. The summed E-state index contributed by atoms with van der Waals surface area (Å²) in [5.74, 6) is -2.36. The number of nitrogens with one attached hydrogen (secondary N) is 2. The van der Waals surface area contributed by atoms with E-state index in [2.05, 4.69) is 20.8 Å². The predicted molar refractivity (Wildman–Crippen MR) is 116 cm³/mol. The summed E-state index contributed by atoms with van der Waals surface area (Å²) in [5, 5.41) is 19.1. The molecule has 164 valence electrons. The fourth-order valence-electron chi connectivity index (χ4n) is 2.89. The molecule has 0 aliphatic carbocycles. The van der Waals surface area contributed by atoms with Gasteiger partial charge >= 0.3 is 5.97 Å². The quantitative estimate of drug-likeness (QED) is 0.367. The highest BCUT2D eigenvalue weighted by atomic mass is 32.1. The molecular formula is C21H17FN4O5S. The summed E-state index contributed by atoms with van der Waals surface area (Å²) in [6.45, 7) is -0.180. The average molecular weight is 456 g/mol. The van der Waals surface area contributed by atoms with Crippen LogP contribution in [0.2, 0.25) is 0 Å². The number of rotatable bonds is 8. The molecule has 2 heterocycles. The van der Waals surface area contributed by atoms with Gasteiger partial charge in [-0.25, -0.2) is 14.2 Å². The van der Waals surface area contributed by atoms with E-state index in [0.717, 1.165) is 10.4 Å². The monoisotopic (exact) mass is 456 g/mol. The predicted octanol–water partition coefficient (Wildman–Crippen LogP) is 3.66. The van der Waals surface area contributed by atoms with Crippen molar-refractivity contribution < 1.29 is 28.3 Å². The summed E-state index contributed by atoms with van der Waals surface area (Å²) in [5.41, 5.74) is 2.57. The molecule has 2 aromatic carbocycles. The van der Waals surface area contributed by atoms with Gasteiger partial charge in [0.25, 0.3) is 5.91 Å². The number of aromatic nitrogens is 2. The highest BCUT2D eigenvalue weighted by molar-refractivity contribution is 7.22. The number of methoxy groups -OCH3 is 1. The number of thiazole rings is 1. The summed E-state index contributed by atoms with van der Waals surface area (Å²) in [6, 6.07) is 11.8. The Morgan fingerprint density at radius 3 is 2.72 bits per heavy atom. The smallest absolute Gasteiger partial charge is 0.328 e. The molecule has 0 fully saturated rings. The Morgan fingerprint density at radius 1 is 1.22 bits per heavy atom. The van der Waals surface area contributed by atoms with Gasteiger partial charge in [-0.05, 0) is 30.3 Å². The zero-order valence-electron chi connectivity index (χ0n) is 16.7. The highest BCUT2D eigenvalue weighted by Crippen LogP contribution is 2.29. The van der Waals surface area contributed by atoms with Gasteiger partial charge in [0, 0.05) is 24.4 Å². The molecule has 0 aliphatic heterocycles. The van der Waals surface area contributed by atoms with Crippen molar-refractivity contribution in [2.75, 3.05) is 19.0 Å². The van der Waals surface area contributed by atoms with Gasteiger partial charge in [-0.1, -0.05) is 28.6 Å². The second-order valence-corrected chi connectivity index (χ2v) is 7.76. The summed E-state index contributed by atoms with van der Waals surface area (Å²) in [6.07, 6.45) is 0. The van der Waals surface area contributed by atoms with E-state index < -0.39 is 17.9 Å². The lowest BCUT2D eigenvalue weighted by atomic mass is 10.1. The van der Waals surface area contributed by atoms with Crippen LogP contribution in [0.3, 0.4) is 0 Å². The second-order valence-electron chi connectivity index (χ2n) is 6.73. The number of carboxylic acids is 1. The molecular weight excluding hydrogens is 439 g/mol. The standard InChI is InChI=1S/C21H17FN4O5S/c1-30-10-16(20(28)29)24-19(27)17-9-15(26-31-17)11-2-5-13(6-3-11)23-21-25-14-7-4-12(22)8-18(14)32-21/h2-9,16H,10H2,1H3,(H,23,25)(H,24,27)(H,28,29). The molecule has 32 heavy (non-hydrogen) atoms. The van der Waals surface area contributed by atoms with Crippen LogP contribution in [0, 0.1) is 5.82 Å². The zero-order chi connectivity index (χ0) is 22.7. The van der Waals surface area contributed by atoms with Crippen LogP contribution in [0.1, 0.15) is 10.6 Å². The number of benzene rings is 2. The van der Waals surface area contributed by atoms with E-state index in [9.17, 15) is 14.0 Å². The maximum atomic E-state index is 13.4. The van der Waals surface area contributed by atoms with Crippen molar-refractivity contribution in [2.24, 2.45) is 0 Å². The minimum atomic E-state index is -1.22. The van der Waals surface area contributed by atoms with Crippen molar-refractivity contribution in [1.29, 1.82) is 0 Å². The van der Waals surface area contributed by atoms with E-state index in [1.54, 1.807) is 30.3 Å². The van der Waals surface area contributed by atoms with Gasteiger partial charge in [-0.3, -0.25) is 4.79 Å². The lowest BCUT2D eigenvalue weighted by molar-refractivity contribution is -0.140. The molecule has 1 amide bonds. The Bertz CT molecular complexity index is 1270. The van der Waals surface area contributed by atoms with Crippen LogP contribution in [0.15, 0.2) is 53.1 Å². The third-order valence-electron chi connectivity index (χ3n) is 4.45. The van der Waals surface area contributed by atoms with Crippen LogP contribution in [-0.4, -0.2) is 46.9 Å². The number of carbonyl (C=O) groups is 2. The normalized spacial score (nSPS) is 11.9. The van der Waals surface area contributed by atoms with E-state index in [1.165, 1.54) is 36.6 Å². The molecule has 2 aromatic heterocycles. The number of nitrogens with zero attached hydrogens (tertiary/aromatic N) is 2. The van der Waals surface area contributed by atoms with Gasteiger partial charge in [-0.15, -0.1) is 0 Å². The molecule has 0 spiro atoms. The van der Waals surface area contributed by atoms with Crippen LogP contribution in [0.5, 0.6) is 0 Å². The number of halogens is 1. The first-order valence-corrected chi connectivity index (χ1v) is 10.2. The van der Waals surface area contributed by atoms with Crippen molar-refractivity contribution in [3.63, 3.8) is 0 Å². The van der Waals surface area contributed by atoms with Gasteiger partial charge in [0.15, 0.2) is 11.2 Å². The molecule has 3 N–H and O–H groups in total. The van der Waals surface area contributed by atoms with Crippen LogP contribution in [0.25, 0.3) is 21.5 Å². The second kappa shape index (κ2) is 9.12. The maximum absolute atomic E-state index is 13.4. The fraction of sp³-hybridized carbons (Fsp3) is 0.143. The molecule has 0 saturated heterocycles. The first kappa shape index (κ1) is 21.4. The fourth-order valence-corrected chi connectivity index (χ4v) is 3.80. The topological polar surface area (TPSA) is 127 Å². The highest BCUT2D eigenvalue weighted by Gasteiger charge is 2.23. The summed E-state index contributed by atoms with van der Waals surface area (Å²) >= 11 is 1.34. The molecule has 11 heteroatoms. The van der Waals surface area contributed by atoms with Gasteiger partial charge in [-0.2, -0.15) is 0 Å². The van der Waals surface area contributed by atoms with Crippen LogP contribution < -0.4 is 10.6 Å². The summed E-state index contributed by atoms with van der Waals surface area (Å²) in [4.78, 5) is 27.8. The van der Waals surface area contributed by atoms with Crippen molar-refractivity contribution >= 4 is 44.2 Å². The lowest BCUT2D eigenvalue weighted by Crippen LogP contribution is -2.43. The van der Waals surface area contributed by atoms with E-state index in [1.807, 2.05) is 0 Å². The van der Waals surface area contributed by atoms with Gasteiger partial charge < -0.3 is 25.0 Å². The Morgan fingerprint density at radius 2 is 2.00 bits per heavy atom. The molecule has 0 aliphatic rings. The van der Waals surface area contributed by atoms with Gasteiger partial charge in [0.1, 0.15) is 11.5 Å². The van der Waals surface area contributed by atoms with Crippen LogP contribution >= 0.6 is 11.3 Å². The van der Waals surface area contributed by atoms with Crippen molar-refractivity contribution in [3.8, 4) is 11.3 Å². The Hall–Kier alpha value is -3.83. The number of ether oxygens (including phenoxy) is 1. The van der Waals surface area contributed by atoms with E-state index in [-0.39, 0.29) is 18.2 Å². The van der Waals surface area contributed by atoms with E-state index >= 15 is 0 Å². The Balaban J connectivity index is 1.44.